The number of pyridine rings is 1. The molecule has 5 heteroatoms. The average Bonchev–Trinajstić information content (AvgIpc) is 2.78. The molecule has 0 spiro atoms. The van der Waals surface area contributed by atoms with Gasteiger partial charge in [0.1, 0.15) is 0 Å². The molecule has 0 bridgehead atoms. The number of para-hydroxylation sites is 1. The molecule has 1 aromatic heterocycles. The van der Waals surface area contributed by atoms with E-state index in [2.05, 4.69) is 48.3 Å². The first-order valence-electron chi connectivity index (χ1n) is 10.7. The van der Waals surface area contributed by atoms with Gasteiger partial charge in [-0.1, -0.05) is 56.3 Å². The Morgan fingerprint density at radius 1 is 1.07 bits per heavy atom. The number of hydrogen-bond donors (Lipinski definition) is 1. The van der Waals surface area contributed by atoms with Crippen molar-refractivity contribution in [2.24, 2.45) is 0 Å². The van der Waals surface area contributed by atoms with E-state index in [0.29, 0.717) is 12.1 Å². The highest BCUT2D eigenvalue weighted by Gasteiger charge is 2.14. The van der Waals surface area contributed by atoms with Crippen molar-refractivity contribution in [2.75, 3.05) is 26.3 Å². The van der Waals surface area contributed by atoms with E-state index >= 15 is 0 Å². The molecule has 0 aliphatic carbocycles. The molecular formula is C25H29N3O2. The van der Waals surface area contributed by atoms with Crippen LogP contribution in [0, 0.1) is 0 Å². The van der Waals surface area contributed by atoms with Crippen molar-refractivity contribution >= 4 is 16.8 Å². The van der Waals surface area contributed by atoms with E-state index in [4.69, 9.17) is 9.72 Å². The highest BCUT2D eigenvalue weighted by atomic mass is 16.5. The molecule has 5 nitrogen and oxygen atoms in total. The number of carbonyl (C=O) groups excluding carboxylic acids is 1. The van der Waals surface area contributed by atoms with E-state index in [0.717, 1.165) is 55.0 Å². The first-order valence-corrected chi connectivity index (χ1v) is 10.7. The zero-order chi connectivity index (χ0) is 20.9. The Hall–Kier alpha value is -2.76. The van der Waals surface area contributed by atoms with Gasteiger partial charge in [-0.15, -0.1) is 0 Å². The fourth-order valence-corrected chi connectivity index (χ4v) is 3.74. The molecule has 3 aromatic rings. The molecule has 2 heterocycles. The second-order valence-corrected chi connectivity index (χ2v) is 8.15. The van der Waals surface area contributed by atoms with Crippen LogP contribution >= 0.6 is 0 Å². The topological polar surface area (TPSA) is 54.5 Å². The number of nitrogens with one attached hydrogen (secondary N) is 1. The third-order valence-corrected chi connectivity index (χ3v) is 5.56. The molecule has 1 fully saturated rings. The van der Waals surface area contributed by atoms with Crippen LogP contribution in [0.1, 0.15) is 46.9 Å². The number of fused-ring (bicyclic) bond motifs is 1. The summed E-state index contributed by atoms with van der Waals surface area (Å²) >= 11 is 0. The molecule has 1 N–H and O–H groups in total. The maximum Gasteiger partial charge on any atom is 0.252 e. The van der Waals surface area contributed by atoms with Gasteiger partial charge in [0.25, 0.3) is 5.91 Å². The van der Waals surface area contributed by atoms with Crippen molar-refractivity contribution in [3.8, 4) is 0 Å². The Balaban J connectivity index is 1.43. The first kappa shape index (κ1) is 20.5. The summed E-state index contributed by atoms with van der Waals surface area (Å²) in [6.07, 6.45) is 0. The molecule has 1 saturated heterocycles. The standard InChI is InChI=1S/C25H29N3O2/c1-18(2)24-15-22(21-5-3-4-6-23(21)27-24)25(29)26-16-19-7-9-20(10-8-19)17-28-11-13-30-14-12-28/h3-10,15,18H,11-14,16-17H2,1-2H3,(H,26,29). The van der Waals surface area contributed by atoms with Gasteiger partial charge in [-0.25, -0.2) is 0 Å². The molecule has 1 aliphatic rings. The third-order valence-electron chi connectivity index (χ3n) is 5.56. The number of morpholine rings is 1. The van der Waals surface area contributed by atoms with E-state index in [1.807, 2.05) is 30.3 Å². The summed E-state index contributed by atoms with van der Waals surface area (Å²) in [6.45, 7) is 9.22. The Labute approximate surface area is 178 Å². The van der Waals surface area contributed by atoms with Crippen LogP contribution in [0.25, 0.3) is 10.9 Å². The molecule has 0 radical (unpaired) electrons. The summed E-state index contributed by atoms with van der Waals surface area (Å²) in [5.41, 5.74) is 4.87. The number of hydrogen-bond acceptors (Lipinski definition) is 4. The molecule has 0 saturated carbocycles. The number of carbonyl (C=O) groups is 1. The minimum Gasteiger partial charge on any atom is -0.379 e. The Morgan fingerprint density at radius 2 is 1.77 bits per heavy atom. The first-order chi connectivity index (χ1) is 14.6. The maximum atomic E-state index is 13.0. The lowest BCUT2D eigenvalue weighted by Crippen LogP contribution is -2.35. The molecule has 0 unspecified atom stereocenters. The van der Waals surface area contributed by atoms with Gasteiger partial charge in [-0.3, -0.25) is 14.7 Å². The molecule has 30 heavy (non-hydrogen) atoms. The number of rotatable bonds is 6. The number of aromatic nitrogens is 1. The maximum absolute atomic E-state index is 13.0. The quantitative estimate of drug-likeness (QED) is 0.673. The fourth-order valence-electron chi connectivity index (χ4n) is 3.74. The van der Waals surface area contributed by atoms with E-state index in [9.17, 15) is 4.79 Å². The zero-order valence-corrected chi connectivity index (χ0v) is 17.7. The van der Waals surface area contributed by atoms with Crippen molar-refractivity contribution in [1.29, 1.82) is 0 Å². The van der Waals surface area contributed by atoms with Crippen LogP contribution in [0.3, 0.4) is 0 Å². The van der Waals surface area contributed by atoms with Gasteiger partial charge in [-0.05, 0) is 29.2 Å². The van der Waals surface area contributed by atoms with Crippen molar-refractivity contribution in [2.45, 2.75) is 32.9 Å². The van der Waals surface area contributed by atoms with Crippen LogP contribution < -0.4 is 5.32 Å². The van der Waals surface area contributed by atoms with Gasteiger partial charge in [0, 0.05) is 37.3 Å². The predicted octanol–water partition coefficient (Wildman–Crippen LogP) is 4.12. The fraction of sp³-hybridized carbons (Fsp3) is 0.360. The smallest absolute Gasteiger partial charge is 0.252 e. The number of benzene rings is 2. The van der Waals surface area contributed by atoms with E-state index in [1.165, 1.54) is 5.56 Å². The summed E-state index contributed by atoms with van der Waals surface area (Å²) in [5.74, 6) is 0.202. The third kappa shape index (κ3) is 4.86. The predicted molar refractivity (Wildman–Crippen MR) is 120 cm³/mol. The number of amides is 1. The van der Waals surface area contributed by atoms with Gasteiger partial charge in [0.2, 0.25) is 0 Å². The summed E-state index contributed by atoms with van der Waals surface area (Å²) in [6, 6.07) is 18.2. The lowest BCUT2D eigenvalue weighted by molar-refractivity contribution is 0.0342. The molecule has 4 rings (SSSR count). The van der Waals surface area contributed by atoms with Crippen LogP contribution in [0.15, 0.2) is 54.6 Å². The SMILES string of the molecule is CC(C)c1cc(C(=O)NCc2ccc(CN3CCOCC3)cc2)c2ccccc2n1. The number of ether oxygens (including phenoxy) is 1. The Kier molecular flexibility index (Phi) is 6.41. The van der Waals surface area contributed by atoms with Crippen LogP contribution in [-0.2, 0) is 17.8 Å². The van der Waals surface area contributed by atoms with Crippen LogP contribution in [0.2, 0.25) is 0 Å². The molecule has 1 amide bonds. The molecule has 1 aliphatic heterocycles. The summed E-state index contributed by atoms with van der Waals surface area (Å²) in [7, 11) is 0. The molecule has 2 aromatic carbocycles. The van der Waals surface area contributed by atoms with Crippen molar-refractivity contribution in [3.63, 3.8) is 0 Å². The van der Waals surface area contributed by atoms with Gasteiger partial charge in [-0.2, -0.15) is 0 Å². The largest absolute Gasteiger partial charge is 0.379 e. The second-order valence-electron chi connectivity index (χ2n) is 8.15. The summed E-state index contributed by atoms with van der Waals surface area (Å²) < 4.78 is 5.41. The molecule has 0 atom stereocenters. The van der Waals surface area contributed by atoms with E-state index in [-0.39, 0.29) is 11.8 Å². The van der Waals surface area contributed by atoms with Crippen molar-refractivity contribution < 1.29 is 9.53 Å². The monoisotopic (exact) mass is 403 g/mol. The Bertz CT molecular complexity index is 1010. The lowest BCUT2D eigenvalue weighted by atomic mass is 10.0. The van der Waals surface area contributed by atoms with Gasteiger partial charge in [0.05, 0.1) is 24.3 Å². The normalized spacial score (nSPS) is 14.9. The van der Waals surface area contributed by atoms with Gasteiger partial charge in [0.15, 0.2) is 0 Å². The lowest BCUT2D eigenvalue weighted by Gasteiger charge is -2.26. The van der Waals surface area contributed by atoms with Crippen LogP contribution in [0.5, 0.6) is 0 Å². The highest BCUT2D eigenvalue weighted by Crippen LogP contribution is 2.22. The highest BCUT2D eigenvalue weighted by molar-refractivity contribution is 6.06. The molecule has 156 valence electrons. The zero-order valence-electron chi connectivity index (χ0n) is 17.7. The number of nitrogens with zero attached hydrogens (tertiary/aromatic N) is 2. The Morgan fingerprint density at radius 3 is 2.50 bits per heavy atom. The minimum atomic E-state index is -0.0621. The average molecular weight is 404 g/mol. The van der Waals surface area contributed by atoms with Crippen LogP contribution in [-0.4, -0.2) is 42.1 Å². The van der Waals surface area contributed by atoms with Crippen LogP contribution in [0.4, 0.5) is 0 Å². The van der Waals surface area contributed by atoms with Crippen molar-refractivity contribution in [3.05, 3.63) is 77.0 Å². The van der Waals surface area contributed by atoms with Crippen molar-refractivity contribution in [1.82, 2.24) is 15.2 Å². The summed E-state index contributed by atoms with van der Waals surface area (Å²) in [4.78, 5) is 20.1. The molecular weight excluding hydrogens is 374 g/mol. The van der Waals surface area contributed by atoms with Gasteiger partial charge >= 0.3 is 0 Å². The van der Waals surface area contributed by atoms with E-state index in [1.54, 1.807) is 0 Å². The van der Waals surface area contributed by atoms with Gasteiger partial charge < -0.3 is 10.1 Å². The van der Waals surface area contributed by atoms with E-state index < -0.39 is 0 Å². The second kappa shape index (κ2) is 9.37. The minimum absolute atomic E-state index is 0.0621. The summed E-state index contributed by atoms with van der Waals surface area (Å²) in [5, 5.41) is 3.97.